The van der Waals surface area contributed by atoms with Gasteiger partial charge in [0, 0.05) is 5.56 Å². The lowest BCUT2D eigenvalue weighted by Gasteiger charge is -2.00. The molecule has 5 heteroatoms. The second-order valence-corrected chi connectivity index (χ2v) is 6.16. The van der Waals surface area contributed by atoms with E-state index in [0.717, 1.165) is 3.79 Å². The molecule has 92 valence electrons. The Bertz CT molecular complexity index is 587. The molecular weight excluding hydrogens is 316 g/mol. The predicted molar refractivity (Wildman–Crippen MR) is 73.2 cm³/mol. The monoisotopic (exact) mass is 324 g/mol. The minimum Gasteiger partial charge on any atom is -0.481 e. The fourth-order valence-corrected chi connectivity index (χ4v) is 2.88. The smallest absolute Gasteiger partial charge is 0.307 e. The van der Waals surface area contributed by atoms with Gasteiger partial charge in [0.25, 0.3) is 0 Å². The minimum absolute atomic E-state index is 0.0287. The third-order valence-corrected chi connectivity index (χ3v) is 3.99. The van der Waals surface area contributed by atoms with Crippen molar-refractivity contribution in [3.8, 4) is 0 Å². The summed E-state index contributed by atoms with van der Waals surface area (Å²) in [4.78, 5) is 23.3. The molecule has 2 rings (SSSR count). The number of rotatable bonds is 4. The standard InChI is InChI=1S/C13H9BrO3S/c14-11-6-5-10(18-11)13(17)9-3-1-8(2-4-9)7-12(15)16/h1-6H,7H2,(H,15,16). The molecule has 0 spiro atoms. The molecule has 0 fully saturated rings. The maximum absolute atomic E-state index is 12.1. The molecular formula is C13H9BrO3S. The second kappa shape index (κ2) is 5.46. The largest absolute Gasteiger partial charge is 0.481 e. The van der Waals surface area contributed by atoms with Gasteiger partial charge in [-0.2, -0.15) is 0 Å². The Morgan fingerprint density at radius 3 is 2.28 bits per heavy atom. The van der Waals surface area contributed by atoms with E-state index in [1.165, 1.54) is 11.3 Å². The van der Waals surface area contributed by atoms with Crippen molar-refractivity contribution >= 4 is 39.0 Å². The van der Waals surface area contributed by atoms with Gasteiger partial charge in [-0.05, 0) is 33.6 Å². The molecule has 18 heavy (non-hydrogen) atoms. The van der Waals surface area contributed by atoms with E-state index in [2.05, 4.69) is 15.9 Å². The Hall–Kier alpha value is -1.46. The third kappa shape index (κ3) is 3.05. The highest BCUT2D eigenvalue weighted by molar-refractivity contribution is 9.11. The second-order valence-electron chi connectivity index (χ2n) is 3.70. The highest BCUT2D eigenvalue weighted by atomic mass is 79.9. The number of thiophene rings is 1. The SMILES string of the molecule is O=C(O)Cc1ccc(C(=O)c2ccc(Br)s2)cc1. The number of hydrogen-bond acceptors (Lipinski definition) is 3. The van der Waals surface area contributed by atoms with Crippen LogP contribution in [0.5, 0.6) is 0 Å². The number of hydrogen-bond donors (Lipinski definition) is 1. The lowest BCUT2D eigenvalue weighted by atomic mass is 10.1. The Balaban J connectivity index is 2.19. The molecule has 2 aromatic rings. The minimum atomic E-state index is -0.878. The van der Waals surface area contributed by atoms with Crippen LogP contribution in [0.25, 0.3) is 0 Å². The Labute approximate surface area is 116 Å². The van der Waals surface area contributed by atoms with Crippen LogP contribution < -0.4 is 0 Å². The van der Waals surface area contributed by atoms with Gasteiger partial charge >= 0.3 is 5.97 Å². The number of carboxylic acids is 1. The molecule has 0 saturated carbocycles. The van der Waals surface area contributed by atoms with Crippen molar-refractivity contribution in [3.63, 3.8) is 0 Å². The summed E-state index contributed by atoms with van der Waals surface area (Å²) in [5.74, 6) is -0.927. The van der Waals surface area contributed by atoms with Gasteiger partial charge in [0.15, 0.2) is 0 Å². The molecule has 1 heterocycles. The maximum Gasteiger partial charge on any atom is 0.307 e. The molecule has 0 unspecified atom stereocenters. The van der Waals surface area contributed by atoms with Crippen LogP contribution in [0.4, 0.5) is 0 Å². The predicted octanol–water partition coefficient (Wildman–Crippen LogP) is 3.37. The first-order valence-electron chi connectivity index (χ1n) is 5.17. The van der Waals surface area contributed by atoms with Crippen molar-refractivity contribution in [2.75, 3.05) is 0 Å². The molecule has 1 aromatic heterocycles. The number of carbonyl (C=O) groups excluding carboxylic acids is 1. The van der Waals surface area contributed by atoms with Gasteiger partial charge in [0.05, 0.1) is 15.1 Å². The van der Waals surface area contributed by atoms with Crippen molar-refractivity contribution < 1.29 is 14.7 Å². The molecule has 0 saturated heterocycles. The number of halogens is 1. The third-order valence-electron chi connectivity index (χ3n) is 2.37. The molecule has 3 nitrogen and oxygen atoms in total. The van der Waals surface area contributed by atoms with Gasteiger partial charge in [-0.25, -0.2) is 0 Å². The number of carbonyl (C=O) groups is 2. The van der Waals surface area contributed by atoms with Gasteiger partial charge in [0.1, 0.15) is 0 Å². The van der Waals surface area contributed by atoms with E-state index in [1.807, 2.05) is 6.07 Å². The first kappa shape index (κ1) is 13.0. The van der Waals surface area contributed by atoms with Gasteiger partial charge in [-0.3, -0.25) is 9.59 Å². The van der Waals surface area contributed by atoms with Crippen LogP contribution >= 0.6 is 27.3 Å². The summed E-state index contributed by atoms with van der Waals surface area (Å²) in [7, 11) is 0. The van der Waals surface area contributed by atoms with Crippen molar-refractivity contribution in [1.29, 1.82) is 0 Å². The van der Waals surface area contributed by atoms with Crippen molar-refractivity contribution in [3.05, 3.63) is 56.2 Å². The van der Waals surface area contributed by atoms with Crippen LogP contribution in [0.3, 0.4) is 0 Å². The lowest BCUT2D eigenvalue weighted by Crippen LogP contribution is -2.02. The summed E-state index contributed by atoms with van der Waals surface area (Å²) in [5.41, 5.74) is 1.25. The Kier molecular flexibility index (Phi) is 3.93. The van der Waals surface area contributed by atoms with E-state index in [-0.39, 0.29) is 12.2 Å². The molecule has 0 amide bonds. The van der Waals surface area contributed by atoms with Gasteiger partial charge in [0.2, 0.25) is 5.78 Å². The van der Waals surface area contributed by atoms with Crippen molar-refractivity contribution in [2.45, 2.75) is 6.42 Å². The summed E-state index contributed by atoms with van der Waals surface area (Å²) in [5, 5.41) is 8.66. The zero-order valence-corrected chi connectivity index (χ0v) is 11.6. The summed E-state index contributed by atoms with van der Waals surface area (Å²) < 4.78 is 0.911. The van der Waals surface area contributed by atoms with Crippen LogP contribution in [0.1, 0.15) is 20.8 Å². The molecule has 0 aliphatic carbocycles. The average Bonchev–Trinajstić information content (AvgIpc) is 2.75. The highest BCUT2D eigenvalue weighted by Crippen LogP contribution is 2.24. The quantitative estimate of drug-likeness (QED) is 0.877. The van der Waals surface area contributed by atoms with Crippen LogP contribution in [0.15, 0.2) is 40.2 Å². The van der Waals surface area contributed by atoms with E-state index in [9.17, 15) is 9.59 Å². The first-order valence-corrected chi connectivity index (χ1v) is 6.78. The number of aliphatic carboxylic acids is 1. The topological polar surface area (TPSA) is 54.4 Å². The van der Waals surface area contributed by atoms with Crippen LogP contribution in [0.2, 0.25) is 0 Å². The number of ketones is 1. The zero-order valence-electron chi connectivity index (χ0n) is 9.22. The van der Waals surface area contributed by atoms with Gasteiger partial charge in [-0.1, -0.05) is 24.3 Å². The summed E-state index contributed by atoms with van der Waals surface area (Å²) in [6.07, 6.45) is -0.0287. The summed E-state index contributed by atoms with van der Waals surface area (Å²) in [6.45, 7) is 0. The van der Waals surface area contributed by atoms with E-state index in [4.69, 9.17) is 5.11 Å². The fraction of sp³-hybridized carbons (Fsp3) is 0.0769. The molecule has 0 atom stereocenters. The van der Waals surface area contributed by atoms with Crippen LogP contribution in [-0.4, -0.2) is 16.9 Å². The summed E-state index contributed by atoms with van der Waals surface area (Å²) in [6, 6.07) is 10.3. The highest BCUT2D eigenvalue weighted by Gasteiger charge is 2.11. The average molecular weight is 325 g/mol. The lowest BCUT2D eigenvalue weighted by molar-refractivity contribution is -0.136. The molecule has 0 aliphatic rings. The normalized spacial score (nSPS) is 10.3. The van der Waals surface area contributed by atoms with E-state index in [1.54, 1.807) is 30.3 Å². The Morgan fingerprint density at radius 2 is 1.78 bits per heavy atom. The first-order chi connectivity index (χ1) is 8.56. The van der Waals surface area contributed by atoms with E-state index < -0.39 is 5.97 Å². The summed E-state index contributed by atoms with van der Waals surface area (Å²) >= 11 is 4.69. The van der Waals surface area contributed by atoms with Gasteiger partial charge < -0.3 is 5.11 Å². The van der Waals surface area contributed by atoms with E-state index >= 15 is 0 Å². The van der Waals surface area contributed by atoms with Gasteiger partial charge in [-0.15, -0.1) is 11.3 Å². The molecule has 1 aromatic carbocycles. The number of benzene rings is 1. The van der Waals surface area contributed by atoms with Crippen molar-refractivity contribution in [1.82, 2.24) is 0 Å². The molecule has 0 aliphatic heterocycles. The van der Waals surface area contributed by atoms with Crippen molar-refractivity contribution in [2.24, 2.45) is 0 Å². The fourth-order valence-electron chi connectivity index (χ4n) is 1.53. The van der Waals surface area contributed by atoms with E-state index in [0.29, 0.717) is 16.0 Å². The van der Waals surface area contributed by atoms with Crippen LogP contribution in [-0.2, 0) is 11.2 Å². The van der Waals surface area contributed by atoms with Crippen LogP contribution in [0, 0.1) is 0 Å². The molecule has 0 radical (unpaired) electrons. The Morgan fingerprint density at radius 1 is 1.11 bits per heavy atom. The zero-order chi connectivity index (χ0) is 13.1. The maximum atomic E-state index is 12.1. The number of carboxylic acid groups (broad SMARTS) is 1. The molecule has 0 bridgehead atoms. The molecule has 1 N–H and O–H groups in total.